The van der Waals surface area contributed by atoms with Crippen LogP contribution in [-0.4, -0.2) is 20.5 Å². The maximum atomic E-state index is 4.25. The molecule has 0 fully saturated rings. The molecule has 0 aliphatic heterocycles. The number of thioether (sulfide) groups is 1. The Hall–Kier alpha value is -0.470. The molecule has 12 heavy (non-hydrogen) atoms. The monoisotopic (exact) mass is 184 g/mol. The van der Waals surface area contributed by atoms with E-state index in [9.17, 15) is 0 Å². The van der Waals surface area contributed by atoms with Crippen molar-refractivity contribution in [1.29, 1.82) is 0 Å². The molecule has 0 N–H and O–H groups in total. The van der Waals surface area contributed by atoms with Gasteiger partial charge in [0, 0.05) is 19.1 Å². The highest BCUT2D eigenvalue weighted by Crippen LogP contribution is 2.13. The zero-order chi connectivity index (χ0) is 9.40. The molecule has 0 aromatic heterocycles. The van der Waals surface area contributed by atoms with Gasteiger partial charge in [0.2, 0.25) is 0 Å². The quantitative estimate of drug-likeness (QED) is 0.621. The van der Waals surface area contributed by atoms with Crippen molar-refractivity contribution >= 4 is 11.8 Å². The summed E-state index contributed by atoms with van der Waals surface area (Å²) in [6.45, 7) is 2.10. The van der Waals surface area contributed by atoms with Gasteiger partial charge in [-0.1, -0.05) is 17.7 Å². The molecule has 0 saturated carbocycles. The van der Waals surface area contributed by atoms with Crippen LogP contribution in [0.1, 0.15) is 5.56 Å². The molecule has 0 radical (unpaired) electrons. The van der Waals surface area contributed by atoms with Gasteiger partial charge in [0.1, 0.15) is 0 Å². The van der Waals surface area contributed by atoms with Gasteiger partial charge in [0.05, 0.1) is 0 Å². The topological polar surface area (TPSA) is 9.23 Å². The minimum absolute atomic E-state index is 1.33. The normalized spacial score (nSPS) is 8.67. The standard InChI is InChI=1S/C8H10S.C2H6O/c1-7-3-5-8(9-2)6-4-7;1-3-2/h3-6H,1-2H3;1-2H3. The zero-order valence-electron chi connectivity index (χ0n) is 8.13. The Morgan fingerprint density at radius 2 is 1.50 bits per heavy atom. The lowest BCUT2D eigenvalue weighted by molar-refractivity contribution is 0.277. The van der Waals surface area contributed by atoms with Crippen molar-refractivity contribution in [2.75, 3.05) is 20.5 Å². The van der Waals surface area contributed by atoms with Gasteiger partial charge >= 0.3 is 0 Å². The van der Waals surface area contributed by atoms with Crippen molar-refractivity contribution in [3.8, 4) is 0 Å². The summed E-state index contributed by atoms with van der Waals surface area (Å²) in [5.41, 5.74) is 1.33. The van der Waals surface area contributed by atoms with Gasteiger partial charge < -0.3 is 4.74 Å². The van der Waals surface area contributed by atoms with Crippen LogP contribution >= 0.6 is 11.8 Å². The molecule has 1 aromatic carbocycles. The SMILES string of the molecule is COC.CSc1ccc(C)cc1. The minimum Gasteiger partial charge on any atom is -0.388 e. The van der Waals surface area contributed by atoms with Gasteiger partial charge in [0.15, 0.2) is 0 Å². The predicted octanol–water partition coefficient (Wildman–Crippen LogP) is 2.98. The predicted molar refractivity (Wildman–Crippen MR) is 55.9 cm³/mol. The molecule has 0 spiro atoms. The lowest BCUT2D eigenvalue weighted by Gasteiger charge is -1.93. The Bertz CT molecular complexity index is 193. The molecule has 2 heteroatoms. The number of benzene rings is 1. The van der Waals surface area contributed by atoms with E-state index in [1.54, 1.807) is 26.0 Å². The molecular formula is C10H16OS. The molecule has 1 rings (SSSR count). The second-order valence-electron chi connectivity index (χ2n) is 2.43. The van der Waals surface area contributed by atoms with Crippen LogP contribution < -0.4 is 0 Å². The number of hydrogen-bond acceptors (Lipinski definition) is 2. The van der Waals surface area contributed by atoms with Crippen molar-refractivity contribution in [1.82, 2.24) is 0 Å². The van der Waals surface area contributed by atoms with Crippen molar-refractivity contribution in [2.24, 2.45) is 0 Å². The smallest absolute Gasteiger partial charge is 0.0351 e. The first-order valence-corrected chi connectivity index (χ1v) is 4.97. The largest absolute Gasteiger partial charge is 0.388 e. The minimum atomic E-state index is 1.33. The van der Waals surface area contributed by atoms with E-state index >= 15 is 0 Å². The number of methoxy groups -OCH3 is 1. The van der Waals surface area contributed by atoms with Crippen molar-refractivity contribution < 1.29 is 4.74 Å². The molecule has 1 aromatic rings. The molecule has 0 aliphatic rings. The first kappa shape index (κ1) is 11.5. The summed E-state index contributed by atoms with van der Waals surface area (Å²) in [5, 5.41) is 0. The summed E-state index contributed by atoms with van der Waals surface area (Å²) < 4.78 is 4.25. The number of aryl methyl sites for hydroxylation is 1. The van der Waals surface area contributed by atoms with Crippen molar-refractivity contribution in [3.05, 3.63) is 29.8 Å². The zero-order valence-corrected chi connectivity index (χ0v) is 8.94. The average Bonchev–Trinajstić information content (AvgIpc) is 2.07. The van der Waals surface area contributed by atoms with Crippen LogP contribution in [0.5, 0.6) is 0 Å². The Labute approximate surface area is 79.1 Å². The van der Waals surface area contributed by atoms with Gasteiger partial charge in [-0.3, -0.25) is 0 Å². The molecule has 0 amide bonds. The van der Waals surface area contributed by atoms with E-state index in [0.717, 1.165) is 0 Å². The molecule has 1 nitrogen and oxygen atoms in total. The second kappa shape index (κ2) is 7.19. The molecule has 0 heterocycles. The van der Waals surface area contributed by atoms with Crippen LogP contribution in [0.4, 0.5) is 0 Å². The van der Waals surface area contributed by atoms with E-state index in [-0.39, 0.29) is 0 Å². The highest BCUT2D eigenvalue weighted by molar-refractivity contribution is 7.98. The lowest BCUT2D eigenvalue weighted by atomic mass is 10.2. The first-order chi connectivity index (χ1) is 5.74. The maximum Gasteiger partial charge on any atom is 0.0351 e. The van der Waals surface area contributed by atoms with E-state index in [0.29, 0.717) is 0 Å². The van der Waals surface area contributed by atoms with Gasteiger partial charge in [-0.15, -0.1) is 11.8 Å². The van der Waals surface area contributed by atoms with Crippen LogP contribution in [0.25, 0.3) is 0 Å². The molecule has 68 valence electrons. The highest BCUT2D eigenvalue weighted by atomic mass is 32.2. The maximum absolute atomic E-state index is 4.25. The van der Waals surface area contributed by atoms with Crippen LogP contribution in [0.15, 0.2) is 29.2 Å². The van der Waals surface area contributed by atoms with Crippen LogP contribution in [0.2, 0.25) is 0 Å². The van der Waals surface area contributed by atoms with Crippen molar-refractivity contribution in [2.45, 2.75) is 11.8 Å². The van der Waals surface area contributed by atoms with Crippen LogP contribution in [0, 0.1) is 6.92 Å². The van der Waals surface area contributed by atoms with E-state index in [1.807, 2.05) is 0 Å². The highest BCUT2D eigenvalue weighted by Gasteiger charge is 1.85. The Kier molecular flexibility index (Phi) is 6.91. The van der Waals surface area contributed by atoms with E-state index in [4.69, 9.17) is 0 Å². The van der Waals surface area contributed by atoms with Crippen molar-refractivity contribution in [3.63, 3.8) is 0 Å². The number of hydrogen-bond donors (Lipinski definition) is 0. The molecule has 0 bridgehead atoms. The van der Waals surface area contributed by atoms with E-state index in [1.165, 1.54) is 10.5 Å². The summed E-state index contributed by atoms with van der Waals surface area (Å²) in [7, 11) is 3.25. The fourth-order valence-electron chi connectivity index (χ4n) is 0.674. The second-order valence-corrected chi connectivity index (χ2v) is 3.31. The third kappa shape index (κ3) is 5.22. The summed E-state index contributed by atoms with van der Waals surface area (Å²) >= 11 is 1.78. The van der Waals surface area contributed by atoms with Crippen LogP contribution in [0.3, 0.4) is 0 Å². The molecule has 0 unspecified atom stereocenters. The number of ether oxygens (including phenoxy) is 1. The molecule has 0 aliphatic carbocycles. The molecular weight excluding hydrogens is 168 g/mol. The van der Waals surface area contributed by atoms with E-state index in [2.05, 4.69) is 42.2 Å². The summed E-state index contributed by atoms with van der Waals surface area (Å²) in [6.07, 6.45) is 2.09. The third-order valence-corrected chi connectivity index (χ3v) is 2.00. The van der Waals surface area contributed by atoms with Gasteiger partial charge in [-0.25, -0.2) is 0 Å². The molecule has 0 atom stereocenters. The number of rotatable bonds is 1. The van der Waals surface area contributed by atoms with Gasteiger partial charge in [-0.2, -0.15) is 0 Å². The first-order valence-electron chi connectivity index (χ1n) is 3.75. The Balaban J connectivity index is 0.000000354. The summed E-state index contributed by atoms with van der Waals surface area (Å²) in [4.78, 5) is 1.33. The Morgan fingerprint density at radius 3 is 1.83 bits per heavy atom. The van der Waals surface area contributed by atoms with E-state index < -0.39 is 0 Å². The average molecular weight is 184 g/mol. The Morgan fingerprint density at radius 1 is 1.08 bits per heavy atom. The molecule has 0 saturated heterocycles. The summed E-state index contributed by atoms with van der Waals surface area (Å²) in [5.74, 6) is 0. The third-order valence-electron chi connectivity index (χ3n) is 1.26. The summed E-state index contributed by atoms with van der Waals surface area (Å²) in [6, 6.07) is 8.54. The fourth-order valence-corrected chi connectivity index (χ4v) is 1.08. The fraction of sp³-hybridized carbons (Fsp3) is 0.400. The van der Waals surface area contributed by atoms with Crippen LogP contribution in [-0.2, 0) is 4.74 Å². The van der Waals surface area contributed by atoms with Gasteiger partial charge in [-0.05, 0) is 25.3 Å². The van der Waals surface area contributed by atoms with Gasteiger partial charge in [0.25, 0.3) is 0 Å². The lowest BCUT2D eigenvalue weighted by Crippen LogP contribution is -1.70.